The quantitative estimate of drug-likeness (QED) is 0.696. The van der Waals surface area contributed by atoms with Crippen LogP contribution in [0.15, 0.2) is 18.2 Å². The van der Waals surface area contributed by atoms with Crippen LogP contribution in [0.25, 0.3) is 0 Å². The van der Waals surface area contributed by atoms with Crippen LogP contribution >= 0.6 is 23.2 Å². The van der Waals surface area contributed by atoms with Crippen LogP contribution in [0, 0.1) is 5.92 Å². The molecule has 1 aliphatic carbocycles. The van der Waals surface area contributed by atoms with E-state index < -0.39 is 0 Å². The fourth-order valence-electron chi connectivity index (χ4n) is 5.28. The number of carbonyl (C=O) groups is 1. The first-order valence-electron chi connectivity index (χ1n) is 11.6. The topological polar surface area (TPSA) is 59.1 Å². The number of nitrogens with one attached hydrogen (secondary N) is 1. The summed E-state index contributed by atoms with van der Waals surface area (Å²) in [6.45, 7) is 6.82. The molecule has 31 heavy (non-hydrogen) atoms. The number of aliphatic hydroxyl groups is 1. The van der Waals surface area contributed by atoms with E-state index in [1.165, 1.54) is 25.9 Å². The molecule has 0 bridgehead atoms. The predicted octanol–water partition coefficient (Wildman–Crippen LogP) is 4.16. The molecule has 2 N–H and O–H groups in total. The minimum absolute atomic E-state index is 0.0815. The minimum atomic E-state index is -0.0821. The van der Waals surface area contributed by atoms with E-state index in [2.05, 4.69) is 15.1 Å². The van der Waals surface area contributed by atoms with E-state index in [0.29, 0.717) is 27.7 Å². The summed E-state index contributed by atoms with van der Waals surface area (Å²) in [5.74, 6) is 0.706. The monoisotopic (exact) mass is 468 g/mol. The summed E-state index contributed by atoms with van der Waals surface area (Å²) in [6.07, 6.45) is 6.68. The Balaban J connectivity index is 1.20. The van der Waals surface area contributed by atoms with Crippen molar-refractivity contribution in [3.05, 3.63) is 28.2 Å². The maximum atomic E-state index is 12.6. The Morgan fingerprint density at radius 3 is 2.45 bits per heavy atom. The van der Waals surface area contributed by atoms with Gasteiger partial charge in [0.2, 0.25) is 0 Å². The van der Waals surface area contributed by atoms with Crippen LogP contribution < -0.4 is 5.32 Å². The Bertz CT molecular complexity index is 749. The highest BCUT2D eigenvalue weighted by molar-refractivity contribution is 6.42. The average molecular weight is 469 g/mol. The molecule has 0 unspecified atom stereocenters. The number of halogens is 2. The van der Waals surface area contributed by atoms with Crippen LogP contribution in [0.3, 0.4) is 0 Å². The number of likely N-dealkylation sites (tertiary alicyclic amines) is 1. The number of anilines is 1. The number of piperazine rings is 1. The first kappa shape index (κ1) is 23.1. The van der Waals surface area contributed by atoms with Gasteiger partial charge in [-0.2, -0.15) is 0 Å². The Morgan fingerprint density at radius 2 is 1.74 bits per heavy atom. The summed E-state index contributed by atoms with van der Waals surface area (Å²) >= 11 is 12.0. The van der Waals surface area contributed by atoms with Crippen molar-refractivity contribution in [1.82, 2.24) is 14.7 Å². The van der Waals surface area contributed by atoms with Gasteiger partial charge in [-0.3, -0.25) is 4.90 Å². The maximum Gasteiger partial charge on any atom is 0.321 e. The standard InChI is InChI=1S/C23H34Cl2N4O2/c24-21-8-3-18(14-22(21)25)26-23(31)28-12-10-27(11-13-28)15-17-2-1-9-29(16-17)19-4-6-20(30)7-5-19/h3,8,14,17,19-20,30H,1-2,4-7,9-13,15-16H2,(H,26,31)/t17-,19?,20?/m0/s1. The number of hydrogen-bond acceptors (Lipinski definition) is 4. The molecule has 4 rings (SSSR count). The zero-order chi connectivity index (χ0) is 21.8. The summed E-state index contributed by atoms with van der Waals surface area (Å²) in [6, 6.07) is 5.72. The van der Waals surface area contributed by atoms with E-state index in [4.69, 9.17) is 23.2 Å². The minimum Gasteiger partial charge on any atom is -0.393 e. The Morgan fingerprint density at radius 1 is 1.00 bits per heavy atom. The number of hydrogen-bond donors (Lipinski definition) is 2. The van der Waals surface area contributed by atoms with E-state index >= 15 is 0 Å². The molecule has 172 valence electrons. The zero-order valence-corrected chi connectivity index (χ0v) is 19.6. The summed E-state index contributed by atoms with van der Waals surface area (Å²) in [5, 5.41) is 13.6. The van der Waals surface area contributed by atoms with Gasteiger partial charge in [-0.05, 0) is 69.2 Å². The van der Waals surface area contributed by atoms with Gasteiger partial charge in [-0.15, -0.1) is 0 Å². The smallest absolute Gasteiger partial charge is 0.321 e. The van der Waals surface area contributed by atoms with E-state index in [1.807, 2.05) is 4.90 Å². The Kier molecular flexibility index (Phi) is 7.99. The lowest BCUT2D eigenvalue weighted by Crippen LogP contribution is -2.52. The highest BCUT2D eigenvalue weighted by atomic mass is 35.5. The molecule has 8 heteroatoms. The largest absolute Gasteiger partial charge is 0.393 e. The molecule has 6 nitrogen and oxygen atoms in total. The predicted molar refractivity (Wildman–Crippen MR) is 126 cm³/mol. The molecular formula is C23H34Cl2N4O2. The normalized spacial score (nSPS) is 28.5. The molecule has 2 amide bonds. The maximum absolute atomic E-state index is 12.6. The van der Waals surface area contributed by atoms with E-state index in [9.17, 15) is 9.90 Å². The lowest BCUT2D eigenvalue weighted by Gasteiger charge is -2.43. The van der Waals surface area contributed by atoms with Crippen molar-refractivity contribution in [2.24, 2.45) is 5.92 Å². The number of rotatable bonds is 4. The second-order valence-electron chi connectivity index (χ2n) is 9.31. The number of benzene rings is 1. The van der Waals surface area contributed by atoms with Crippen molar-refractivity contribution >= 4 is 34.9 Å². The van der Waals surface area contributed by atoms with Crippen molar-refractivity contribution in [1.29, 1.82) is 0 Å². The molecule has 1 aromatic carbocycles. The highest BCUT2D eigenvalue weighted by Gasteiger charge is 2.30. The summed E-state index contributed by atoms with van der Waals surface area (Å²) in [4.78, 5) is 19.7. The van der Waals surface area contributed by atoms with Gasteiger partial charge in [0.05, 0.1) is 16.1 Å². The number of urea groups is 1. The first-order chi connectivity index (χ1) is 15.0. The van der Waals surface area contributed by atoms with Crippen LogP contribution in [0.1, 0.15) is 38.5 Å². The second-order valence-corrected chi connectivity index (χ2v) is 10.1. The lowest BCUT2D eigenvalue weighted by atomic mass is 9.88. The van der Waals surface area contributed by atoms with Gasteiger partial charge in [-0.1, -0.05) is 23.2 Å². The molecule has 0 aromatic heterocycles. The summed E-state index contributed by atoms with van der Waals surface area (Å²) in [7, 11) is 0. The van der Waals surface area contributed by atoms with Gasteiger partial charge in [-0.25, -0.2) is 4.79 Å². The van der Waals surface area contributed by atoms with Crippen molar-refractivity contribution in [2.75, 3.05) is 51.1 Å². The third-order valence-corrected chi connectivity index (χ3v) is 7.82. The third kappa shape index (κ3) is 6.26. The third-order valence-electron chi connectivity index (χ3n) is 7.08. The molecule has 3 aliphatic rings. The molecule has 1 atom stereocenters. The SMILES string of the molecule is O=C(Nc1ccc(Cl)c(Cl)c1)N1CCN(C[C@@H]2CCCN(C3CCC(O)CC3)C2)CC1. The van der Waals surface area contributed by atoms with Gasteiger partial charge < -0.3 is 20.2 Å². The molecule has 0 spiro atoms. The molecule has 2 aliphatic heterocycles. The number of amides is 2. The van der Waals surface area contributed by atoms with Crippen molar-refractivity contribution in [3.8, 4) is 0 Å². The van der Waals surface area contributed by atoms with Gasteiger partial charge in [0.1, 0.15) is 0 Å². The molecule has 1 aromatic rings. The van der Waals surface area contributed by atoms with Crippen molar-refractivity contribution in [3.63, 3.8) is 0 Å². The van der Waals surface area contributed by atoms with Gasteiger partial charge in [0.25, 0.3) is 0 Å². The number of aliphatic hydroxyl groups excluding tert-OH is 1. The number of nitrogens with zero attached hydrogens (tertiary/aromatic N) is 3. The van der Waals surface area contributed by atoms with Crippen molar-refractivity contribution < 1.29 is 9.90 Å². The Hall–Kier alpha value is -1.05. The van der Waals surface area contributed by atoms with Crippen LogP contribution in [0.2, 0.25) is 10.0 Å². The average Bonchev–Trinajstić information content (AvgIpc) is 2.77. The highest BCUT2D eigenvalue weighted by Crippen LogP contribution is 2.28. The van der Waals surface area contributed by atoms with E-state index in [1.54, 1.807) is 18.2 Å². The van der Waals surface area contributed by atoms with E-state index in [-0.39, 0.29) is 12.1 Å². The summed E-state index contributed by atoms with van der Waals surface area (Å²) < 4.78 is 0. The fraction of sp³-hybridized carbons (Fsp3) is 0.696. The molecule has 0 radical (unpaired) electrons. The van der Waals surface area contributed by atoms with Crippen LogP contribution in [-0.4, -0.2) is 83.8 Å². The van der Waals surface area contributed by atoms with Gasteiger partial charge >= 0.3 is 6.03 Å². The van der Waals surface area contributed by atoms with Crippen LogP contribution in [0.5, 0.6) is 0 Å². The fourth-order valence-corrected chi connectivity index (χ4v) is 5.57. The zero-order valence-electron chi connectivity index (χ0n) is 18.1. The molecule has 1 saturated carbocycles. The second kappa shape index (κ2) is 10.7. The lowest BCUT2D eigenvalue weighted by molar-refractivity contribution is 0.0408. The van der Waals surface area contributed by atoms with Crippen LogP contribution in [-0.2, 0) is 0 Å². The van der Waals surface area contributed by atoms with Crippen LogP contribution in [0.4, 0.5) is 10.5 Å². The molecule has 2 saturated heterocycles. The number of piperidine rings is 1. The molecule has 3 fully saturated rings. The van der Waals surface area contributed by atoms with Gasteiger partial charge in [0, 0.05) is 51.0 Å². The first-order valence-corrected chi connectivity index (χ1v) is 12.4. The summed E-state index contributed by atoms with van der Waals surface area (Å²) in [5.41, 5.74) is 0.666. The molecule has 2 heterocycles. The Labute approximate surface area is 195 Å². The number of carbonyl (C=O) groups excluding carboxylic acids is 1. The van der Waals surface area contributed by atoms with E-state index in [0.717, 1.165) is 58.4 Å². The molecular weight excluding hydrogens is 435 g/mol. The van der Waals surface area contributed by atoms with Gasteiger partial charge in [0.15, 0.2) is 0 Å². The van der Waals surface area contributed by atoms with Crippen molar-refractivity contribution in [2.45, 2.75) is 50.7 Å².